The average Bonchev–Trinajstić information content (AvgIpc) is 3.66. The summed E-state index contributed by atoms with van der Waals surface area (Å²) in [7, 11) is 1.46. The van der Waals surface area contributed by atoms with Crippen LogP contribution in [-0.4, -0.2) is 125 Å². The van der Waals surface area contributed by atoms with Crippen LogP contribution in [0.5, 0.6) is 0 Å². The second-order valence-corrected chi connectivity index (χ2v) is 26.4. The molecule has 0 amide bonds. The van der Waals surface area contributed by atoms with Gasteiger partial charge in [0.25, 0.3) is 5.79 Å². The highest BCUT2D eigenvalue weighted by molar-refractivity contribution is 6.74. The van der Waals surface area contributed by atoms with Crippen LogP contribution in [0.1, 0.15) is 65.0 Å². The number of carbonyl (C=O) groups excluding carboxylic acids is 3. The molecule has 0 unspecified atom stereocenters. The molecule has 5 aliphatic heterocycles. The van der Waals surface area contributed by atoms with E-state index in [1.54, 1.807) is 14.0 Å². The largest absolute Gasteiger partial charge is 0.468 e. The minimum atomic E-state index is -2.67. The molecular formula is C49H64O15Si. The number of aliphatic hydroxyl groups excluding tert-OH is 1. The maximum atomic E-state index is 16.5. The molecule has 3 aliphatic carbocycles. The van der Waals surface area contributed by atoms with Crippen LogP contribution in [0, 0.1) is 34.0 Å². The van der Waals surface area contributed by atoms with Crippen molar-refractivity contribution >= 4 is 26.0 Å². The van der Waals surface area contributed by atoms with E-state index in [1.807, 2.05) is 67.6 Å². The highest BCUT2D eigenvalue weighted by atomic mass is 28.4. The van der Waals surface area contributed by atoms with Gasteiger partial charge in [-0.15, -0.1) is 0 Å². The first-order chi connectivity index (χ1) is 30.7. The lowest BCUT2D eigenvalue weighted by molar-refractivity contribution is -0.312. The Morgan fingerprint density at radius 2 is 1.49 bits per heavy atom. The van der Waals surface area contributed by atoms with E-state index < -0.39 is 120 Å². The molecule has 65 heavy (non-hydrogen) atoms. The Morgan fingerprint density at radius 3 is 2.09 bits per heavy atom. The Labute approximate surface area is 381 Å². The van der Waals surface area contributed by atoms with Crippen molar-refractivity contribution in [3.8, 4) is 0 Å². The molecule has 354 valence electrons. The third kappa shape index (κ3) is 5.67. The molecule has 5 saturated heterocycles. The SMILES string of the molecule is COC(=O)[C@@]1(OCc2ccccc2)OC[C@]23[C@@H]1[C@](C)([C@]14O[C@@]1(C)[C@@H]1C[C@@H]4O[C@@H]4O[C@H](OC)C[C@@]41OCc1ccccc1)C(=O)[C@@H]1OC[C@](C(=O)OC)([C@H](O[Si](C)(C)C(C)(C)C)C[C@@H]2O)[C@H]13. The predicted molar refractivity (Wildman–Crippen MR) is 231 cm³/mol. The van der Waals surface area contributed by atoms with E-state index in [0.29, 0.717) is 12.8 Å². The fourth-order valence-corrected chi connectivity index (χ4v) is 15.5. The number of benzene rings is 2. The fraction of sp³-hybridized carbons (Fsp3) is 0.694. The van der Waals surface area contributed by atoms with Gasteiger partial charge in [-0.3, -0.25) is 9.59 Å². The number of epoxide rings is 1. The summed E-state index contributed by atoms with van der Waals surface area (Å²) in [4.78, 5) is 46.4. The number of ketones is 1. The maximum Gasteiger partial charge on any atom is 0.366 e. The first-order valence-electron chi connectivity index (χ1n) is 23.0. The van der Waals surface area contributed by atoms with Gasteiger partial charge < -0.3 is 56.9 Å². The Balaban J connectivity index is 1.16. The lowest BCUT2D eigenvalue weighted by Gasteiger charge is -2.64. The van der Waals surface area contributed by atoms with Crippen LogP contribution in [0.25, 0.3) is 0 Å². The van der Waals surface area contributed by atoms with E-state index in [9.17, 15) is 9.90 Å². The number of hydrogen-bond acceptors (Lipinski definition) is 15. The molecule has 2 aromatic carbocycles. The normalized spacial score (nSPS) is 45.6. The van der Waals surface area contributed by atoms with Gasteiger partial charge in [0.05, 0.1) is 70.3 Å². The number of esters is 2. The summed E-state index contributed by atoms with van der Waals surface area (Å²) in [6.45, 7) is 13.8. The lowest BCUT2D eigenvalue weighted by atomic mass is 9.38. The van der Waals surface area contributed by atoms with E-state index in [1.165, 1.54) is 14.2 Å². The molecule has 0 radical (unpaired) electrons. The summed E-state index contributed by atoms with van der Waals surface area (Å²) in [6, 6.07) is 19.1. The molecule has 8 fully saturated rings. The van der Waals surface area contributed by atoms with Crippen LogP contribution < -0.4 is 0 Å². The molecule has 3 saturated carbocycles. The van der Waals surface area contributed by atoms with Crippen LogP contribution in [0.2, 0.25) is 18.1 Å². The van der Waals surface area contributed by atoms with E-state index >= 15 is 9.59 Å². The first-order valence-corrected chi connectivity index (χ1v) is 25.9. The minimum Gasteiger partial charge on any atom is -0.468 e. The second kappa shape index (κ2) is 14.9. The van der Waals surface area contributed by atoms with Gasteiger partial charge in [0, 0.05) is 37.2 Å². The number of ether oxygens (including phenoxy) is 10. The molecule has 15 nitrogen and oxygen atoms in total. The molecule has 2 bridgehead atoms. The van der Waals surface area contributed by atoms with Gasteiger partial charge in [-0.2, -0.15) is 0 Å². The van der Waals surface area contributed by atoms with Crippen molar-refractivity contribution in [1.29, 1.82) is 0 Å². The van der Waals surface area contributed by atoms with Crippen molar-refractivity contribution in [1.82, 2.24) is 0 Å². The summed E-state index contributed by atoms with van der Waals surface area (Å²) < 4.78 is 72.6. The van der Waals surface area contributed by atoms with Crippen molar-refractivity contribution < 1.29 is 71.3 Å². The Morgan fingerprint density at radius 1 is 0.862 bits per heavy atom. The second-order valence-electron chi connectivity index (χ2n) is 21.6. The van der Waals surface area contributed by atoms with E-state index in [4.69, 9.17) is 51.8 Å². The number of Topliss-reactive ketones (excluding diaryl/α,β-unsaturated/α-hetero) is 1. The van der Waals surface area contributed by atoms with Crippen LogP contribution in [0.15, 0.2) is 60.7 Å². The predicted octanol–water partition coefficient (Wildman–Crippen LogP) is 5.24. The zero-order chi connectivity index (χ0) is 46.4. The quantitative estimate of drug-likeness (QED) is 0.166. The van der Waals surface area contributed by atoms with Gasteiger partial charge in [0.1, 0.15) is 28.3 Å². The van der Waals surface area contributed by atoms with Crippen molar-refractivity contribution in [3.05, 3.63) is 71.8 Å². The highest BCUT2D eigenvalue weighted by Gasteiger charge is 2.97. The number of aliphatic hydroxyl groups is 1. The van der Waals surface area contributed by atoms with Crippen molar-refractivity contribution in [2.75, 3.05) is 34.5 Å². The van der Waals surface area contributed by atoms with Crippen LogP contribution in [0.4, 0.5) is 0 Å². The maximum absolute atomic E-state index is 16.5. The summed E-state index contributed by atoms with van der Waals surface area (Å²) in [5.41, 5.74) is -6.98. The molecule has 1 N–H and O–H groups in total. The summed E-state index contributed by atoms with van der Waals surface area (Å²) in [5, 5.41) is 13.0. The molecular weight excluding hydrogens is 857 g/mol. The smallest absolute Gasteiger partial charge is 0.366 e. The van der Waals surface area contributed by atoms with Gasteiger partial charge in [0.2, 0.25) is 0 Å². The molecule has 2 aromatic rings. The van der Waals surface area contributed by atoms with E-state index in [-0.39, 0.29) is 37.9 Å². The van der Waals surface area contributed by atoms with E-state index in [0.717, 1.165) is 11.1 Å². The van der Waals surface area contributed by atoms with Crippen LogP contribution >= 0.6 is 0 Å². The van der Waals surface area contributed by atoms with Crippen LogP contribution in [-0.2, 0) is 79.4 Å². The molecule has 1 spiro atoms. The summed E-state index contributed by atoms with van der Waals surface area (Å²) >= 11 is 0. The zero-order valence-corrected chi connectivity index (χ0v) is 40.1. The number of fused-ring (bicyclic) bond motifs is 7. The highest BCUT2D eigenvalue weighted by Crippen LogP contribution is 2.83. The fourth-order valence-electron chi connectivity index (χ4n) is 14.2. The van der Waals surface area contributed by atoms with E-state index in [2.05, 4.69) is 33.9 Å². The molecule has 8 aliphatic rings. The molecule has 10 rings (SSSR count). The topological polar surface area (TPSA) is 176 Å². The monoisotopic (exact) mass is 920 g/mol. The first kappa shape index (κ1) is 45.6. The Kier molecular flexibility index (Phi) is 10.5. The third-order valence-corrected chi connectivity index (χ3v) is 22.5. The molecule has 0 aromatic heterocycles. The van der Waals surface area contributed by atoms with Gasteiger partial charge in [0.15, 0.2) is 26.7 Å². The molecule has 5 heterocycles. The summed E-state index contributed by atoms with van der Waals surface area (Å²) in [6.07, 6.45) is -5.17. The third-order valence-electron chi connectivity index (χ3n) is 18.0. The van der Waals surface area contributed by atoms with Crippen molar-refractivity contribution in [3.63, 3.8) is 0 Å². The molecule has 16 atom stereocenters. The number of hydrogen-bond donors (Lipinski definition) is 1. The van der Waals surface area contributed by atoms with Gasteiger partial charge in [-0.1, -0.05) is 81.4 Å². The van der Waals surface area contributed by atoms with Gasteiger partial charge >= 0.3 is 11.9 Å². The van der Waals surface area contributed by atoms with Crippen molar-refractivity contribution in [2.45, 2.75) is 145 Å². The molecule has 16 heteroatoms. The standard InChI is InChI=1S/C49H64O15Si/c1-42(2,3)65(9,10)63-32-22-31(50)45-27-60-48(40(53)56-8,59-25-29-19-15-12-16-20-29)38(45)43(4,37(51)35-36(45)46(32,26-57-35)39(52)55-7)49-33-21-30(44(49,5)64-49)47(23-34(54-6)62-41(47)61-33)58-24-28-17-13-11-14-18-28/h11-20,30-36,38,41,50H,21-27H2,1-10H3/t30-,31-,32+,33-,34-,35+,36+,38-,41+,43+,44-,45-,46-,47-,48-,49-/m0/s1. The van der Waals surface area contributed by atoms with Crippen molar-refractivity contribution in [2.24, 2.45) is 34.0 Å². The Hall–Kier alpha value is -3.13. The minimum absolute atomic E-state index is 0.0489. The lowest BCUT2D eigenvalue weighted by Crippen LogP contribution is -2.78. The zero-order valence-electron chi connectivity index (χ0n) is 39.1. The van der Waals surface area contributed by atoms with Crippen LogP contribution in [0.3, 0.4) is 0 Å². The van der Waals surface area contributed by atoms with Gasteiger partial charge in [-0.25, -0.2) is 4.79 Å². The number of carbonyl (C=O) groups is 3. The Bertz CT molecular complexity index is 2220. The number of methoxy groups -OCH3 is 3. The number of rotatable bonds is 12. The summed E-state index contributed by atoms with van der Waals surface area (Å²) in [5.74, 6) is -7.11. The van der Waals surface area contributed by atoms with Gasteiger partial charge in [-0.05, 0) is 49.5 Å². The average molecular weight is 921 g/mol.